The maximum atomic E-state index is 11.0. The number of esters is 1. The van der Waals surface area contributed by atoms with Crippen molar-refractivity contribution in [1.29, 1.82) is 0 Å². The van der Waals surface area contributed by atoms with Crippen molar-refractivity contribution in [3.05, 3.63) is 28.3 Å². The normalized spacial score (nSPS) is 11.2. The molecule has 17 heavy (non-hydrogen) atoms. The highest BCUT2D eigenvalue weighted by molar-refractivity contribution is 6.36. The van der Waals surface area contributed by atoms with Crippen molar-refractivity contribution >= 4 is 46.3 Å². The van der Waals surface area contributed by atoms with Gasteiger partial charge in [-0.05, 0) is 17.7 Å². The minimum atomic E-state index is -0.453. The Morgan fingerprint density at radius 1 is 1.47 bits per heavy atom. The molecule has 0 aliphatic heterocycles. The first-order chi connectivity index (χ1) is 8.11. The van der Waals surface area contributed by atoms with Crippen LogP contribution in [0.5, 0.6) is 0 Å². The molecule has 2 rings (SSSR count). The number of methoxy groups -OCH3 is 1. The van der Waals surface area contributed by atoms with Gasteiger partial charge in [-0.25, -0.2) is 9.78 Å². The average molecular weight is 272 g/mol. The van der Waals surface area contributed by atoms with E-state index in [0.29, 0.717) is 16.6 Å². The minimum Gasteiger partial charge on any atom is -0.466 e. The molecule has 0 saturated heterocycles. The van der Waals surface area contributed by atoms with Crippen LogP contribution in [0.3, 0.4) is 0 Å². The van der Waals surface area contributed by atoms with Crippen LogP contribution in [0.1, 0.15) is 5.56 Å². The molecule has 0 spiro atoms. The van der Waals surface area contributed by atoms with Crippen molar-refractivity contribution in [3.63, 3.8) is 0 Å². The summed E-state index contributed by atoms with van der Waals surface area (Å²) in [7, 11) is 1.30. The number of ether oxygens (including phenoxy) is 1. The number of carbonyl (C=O) groups is 1. The van der Waals surface area contributed by atoms with Gasteiger partial charge in [0, 0.05) is 17.8 Å². The molecule has 2 aromatic heterocycles. The summed E-state index contributed by atoms with van der Waals surface area (Å²) in [5.41, 5.74) is 1.20. The van der Waals surface area contributed by atoms with Gasteiger partial charge in [0.1, 0.15) is 10.8 Å². The molecule has 0 aromatic carbocycles. The number of H-pyrrole nitrogens is 1. The zero-order chi connectivity index (χ0) is 12.4. The van der Waals surface area contributed by atoms with Crippen LogP contribution >= 0.6 is 23.2 Å². The summed E-state index contributed by atoms with van der Waals surface area (Å²) in [5.74, 6) is -0.453. The van der Waals surface area contributed by atoms with Crippen LogP contribution in [0.2, 0.25) is 10.4 Å². The van der Waals surface area contributed by atoms with Gasteiger partial charge in [-0.1, -0.05) is 11.6 Å². The van der Waals surface area contributed by atoms with Crippen LogP contribution in [-0.2, 0) is 9.53 Å². The zero-order valence-corrected chi connectivity index (χ0v) is 10.2. The van der Waals surface area contributed by atoms with E-state index in [2.05, 4.69) is 19.7 Å². The summed E-state index contributed by atoms with van der Waals surface area (Å²) in [6.07, 6.45) is 4.50. The number of hydrogen-bond donors (Lipinski definition) is 1. The Bertz CT molecular complexity index is 607. The quantitative estimate of drug-likeness (QED) is 0.394. The fraction of sp³-hybridized carbons (Fsp3) is 0.100. The van der Waals surface area contributed by atoms with Crippen LogP contribution in [0, 0.1) is 0 Å². The standard InChI is InChI=1S/C10H7Cl2N3O2/c1-17-6(16)3-2-5-4-13-9-7(5)8(11)14-10(12)15-9/h2-4H,1H3,(H,13,14,15). The highest BCUT2D eigenvalue weighted by Crippen LogP contribution is 2.26. The summed E-state index contributed by atoms with van der Waals surface area (Å²) in [6, 6.07) is 0. The van der Waals surface area contributed by atoms with Crippen molar-refractivity contribution in [3.8, 4) is 0 Å². The van der Waals surface area contributed by atoms with Gasteiger partial charge in [0.05, 0.1) is 12.5 Å². The summed E-state index contributed by atoms with van der Waals surface area (Å²) in [5, 5.41) is 0.898. The zero-order valence-electron chi connectivity index (χ0n) is 8.70. The van der Waals surface area contributed by atoms with Gasteiger partial charge in [0.15, 0.2) is 0 Å². The lowest BCUT2D eigenvalue weighted by Crippen LogP contribution is -1.93. The molecule has 0 fully saturated rings. The molecule has 7 heteroatoms. The molecule has 0 aliphatic rings. The number of aromatic amines is 1. The Kier molecular flexibility index (Phi) is 3.31. The maximum absolute atomic E-state index is 11.0. The number of nitrogens with one attached hydrogen (secondary N) is 1. The molecule has 2 aromatic rings. The van der Waals surface area contributed by atoms with Gasteiger partial charge >= 0.3 is 5.97 Å². The molecule has 0 aliphatic carbocycles. The minimum absolute atomic E-state index is 0.0628. The summed E-state index contributed by atoms with van der Waals surface area (Å²) in [4.78, 5) is 21.7. The van der Waals surface area contributed by atoms with E-state index >= 15 is 0 Å². The molecule has 2 heterocycles. The van der Waals surface area contributed by atoms with Crippen molar-refractivity contribution in [1.82, 2.24) is 15.0 Å². The fourth-order valence-corrected chi connectivity index (χ4v) is 1.83. The van der Waals surface area contributed by atoms with Crippen LogP contribution in [0.25, 0.3) is 17.1 Å². The first-order valence-electron chi connectivity index (χ1n) is 4.58. The highest BCUT2D eigenvalue weighted by Gasteiger charge is 2.10. The number of hydrogen-bond acceptors (Lipinski definition) is 4. The van der Waals surface area contributed by atoms with E-state index in [9.17, 15) is 4.79 Å². The van der Waals surface area contributed by atoms with Crippen LogP contribution in [-0.4, -0.2) is 28.0 Å². The van der Waals surface area contributed by atoms with Gasteiger partial charge in [-0.2, -0.15) is 4.98 Å². The molecule has 88 valence electrons. The highest BCUT2D eigenvalue weighted by atomic mass is 35.5. The molecule has 0 amide bonds. The number of halogens is 2. The summed E-state index contributed by atoms with van der Waals surface area (Å²) < 4.78 is 4.49. The fourth-order valence-electron chi connectivity index (χ4n) is 1.34. The first kappa shape index (κ1) is 11.9. The van der Waals surface area contributed by atoms with Crippen LogP contribution < -0.4 is 0 Å². The summed E-state index contributed by atoms with van der Waals surface area (Å²) >= 11 is 11.6. The molecule has 0 unspecified atom stereocenters. The number of aromatic nitrogens is 3. The Morgan fingerprint density at radius 3 is 2.94 bits per heavy atom. The molecule has 0 radical (unpaired) electrons. The van der Waals surface area contributed by atoms with Gasteiger partial charge in [-0.3, -0.25) is 0 Å². The monoisotopic (exact) mass is 271 g/mol. The Morgan fingerprint density at radius 2 is 2.24 bits per heavy atom. The largest absolute Gasteiger partial charge is 0.466 e. The number of nitrogens with zero attached hydrogens (tertiary/aromatic N) is 2. The second kappa shape index (κ2) is 4.73. The lowest BCUT2D eigenvalue weighted by molar-refractivity contribution is -0.134. The lowest BCUT2D eigenvalue weighted by atomic mass is 10.2. The van der Waals surface area contributed by atoms with Crippen LogP contribution in [0.4, 0.5) is 0 Å². The van der Waals surface area contributed by atoms with Crippen molar-refractivity contribution in [2.45, 2.75) is 0 Å². The third-order valence-corrected chi connectivity index (χ3v) is 2.53. The van der Waals surface area contributed by atoms with Crippen molar-refractivity contribution < 1.29 is 9.53 Å². The molecule has 0 bridgehead atoms. The van der Waals surface area contributed by atoms with E-state index < -0.39 is 5.97 Å². The number of fused-ring (bicyclic) bond motifs is 1. The first-order valence-corrected chi connectivity index (χ1v) is 5.33. The van der Waals surface area contributed by atoms with Gasteiger partial charge in [0.25, 0.3) is 0 Å². The Labute approximate surface area is 106 Å². The van der Waals surface area contributed by atoms with E-state index in [1.54, 1.807) is 12.3 Å². The van der Waals surface area contributed by atoms with E-state index in [-0.39, 0.29) is 10.4 Å². The number of rotatable bonds is 2. The van der Waals surface area contributed by atoms with Crippen molar-refractivity contribution in [2.24, 2.45) is 0 Å². The third-order valence-electron chi connectivity index (χ3n) is 2.09. The van der Waals surface area contributed by atoms with Gasteiger partial charge in [-0.15, -0.1) is 0 Å². The Balaban J connectivity index is 2.49. The second-order valence-electron chi connectivity index (χ2n) is 3.11. The maximum Gasteiger partial charge on any atom is 0.330 e. The van der Waals surface area contributed by atoms with E-state index in [1.807, 2.05) is 0 Å². The third kappa shape index (κ3) is 2.40. The topological polar surface area (TPSA) is 67.9 Å². The van der Waals surface area contributed by atoms with Gasteiger partial charge in [0.2, 0.25) is 5.28 Å². The average Bonchev–Trinajstić information content (AvgIpc) is 2.69. The molecule has 0 saturated carbocycles. The van der Waals surface area contributed by atoms with Gasteiger partial charge < -0.3 is 9.72 Å². The molecular formula is C10H7Cl2N3O2. The van der Waals surface area contributed by atoms with Crippen molar-refractivity contribution in [2.75, 3.05) is 7.11 Å². The van der Waals surface area contributed by atoms with E-state index in [4.69, 9.17) is 23.2 Å². The molecule has 1 N–H and O–H groups in total. The molecule has 0 atom stereocenters. The Hall–Kier alpha value is -1.59. The molecule has 5 nitrogen and oxygen atoms in total. The van der Waals surface area contributed by atoms with E-state index in [0.717, 1.165) is 0 Å². The molecular weight excluding hydrogens is 265 g/mol. The summed E-state index contributed by atoms with van der Waals surface area (Å²) in [6.45, 7) is 0. The predicted molar refractivity (Wildman–Crippen MR) is 65.0 cm³/mol. The second-order valence-corrected chi connectivity index (χ2v) is 3.80. The lowest BCUT2D eigenvalue weighted by Gasteiger charge is -1.95. The number of carbonyl (C=O) groups excluding carboxylic acids is 1. The van der Waals surface area contributed by atoms with Crippen LogP contribution in [0.15, 0.2) is 12.3 Å². The van der Waals surface area contributed by atoms with E-state index in [1.165, 1.54) is 13.2 Å². The predicted octanol–water partition coefficient (Wildman–Crippen LogP) is 2.45. The smallest absolute Gasteiger partial charge is 0.330 e. The SMILES string of the molecule is COC(=O)C=Cc1c[nH]c2nc(Cl)nc(Cl)c12.